The molecule has 92 valence electrons. The molecule has 0 aliphatic heterocycles. The Bertz CT molecular complexity index is 495. The van der Waals surface area contributed by atoms with Gasteiger partial charge in [-0.15, -0.1) is 0 Å². The van der Waals surface area contributed by atoms with Crippen LogP contribution in [0.4, 0.5) is 0 Å². The summed E-state index contributed by atoms with van der Waals surface area (Å²) in [5.41, 5.74) is 2.16. The third kappa shape index (κ3) is 2.64. The first-order chi connectivity index (χ1) is 8.26. The maximum atomic E-state index is 9.87. The van der Waals surface area contributed by atoms with E-state index in [1.165, 1.54) is 0 Å². The van der Waals surface area contributed by atoms with E-state index in [4.69, 9.17) is 0 Å². The van der Waals surface area contributed by atoms with E-state index in [2.05, 4.69) is 24.2 Å². The van der Waals surface area contributed by atoms with Crippen LogP contribution in [-0.4, -0.2) is 33.0 Å². The van der Waals surface area contributed by atoms with E-state index in [-0.39, 0.29) is 6.10 Å². The number of aromatic nitrogens is 2. The highest BCUT2D eigenvalue weighted by molar-refractivity contribution is 7.98. The standard InChI is InChI=1S/C13H18N2OS/c1-3-15-13-7-5-4-6-11(13)12(14-15)8-10(16)9-17-2/h4-7,10,16H,3,8-9H2,1-2H3. The number of hydrogen-bond donors (Lipinski definition) is 1. The van der Waals surface area contributed by atoms with Crippen molar-refractivity contribution >= 4 is 22.7 Å². The van der Waals surface area contributed by atoms with Crippen LogP contribution in [0.2, 0.25) is 0 Å². The molecule has 1 heterocycles. The lowest BCUT2D eigenvalue weighted by atomic mass is 10.1. The number of hydrogen-bond acceptors (Lipinski definition) is 3. The molecule has 1 N–H and O–H groups in total. The third-order valence-corrected chi connectivity index (χ3v) is 3.54. The summed E-state index contributed by atoms with van der Waals surface area (Å²) in [4.78, 5) is 0. The van der Waals surface area contributed by atoms with Crippen LogP contribution in [0.1, 0.15) is 12.6 Å². The van der Waals surface area contributed by atoms with E-state index in [0.717, 1.165) is 28.9 Å². The normalized spacial score (nSPS) is 13.1. The summed E-state index contributed by atoms with van der Waals surface area (Å²) >= 11 is 1.66. The van der Waals surface area contributed by atoms with Gasteiger partial charge in [-0.2, -0.15) is 16.9 Å². The summed E-state index contributed by atoms with van der Waals surface area (Å²) in [5, 5.41) is 15.6. The zero-order chi connectivity index (χ0) is 12.3. The van der Waals surface area contributed by atoms with Gasteiger partial charge in [0.15, 0.2) is 0 Å². The van der Waals surface area contributed by atoms with Gasteiger partial charge in [-0.05, 0) is 19.2 Å². The second-order valence-corrected chi connectivity index (χ2v) is 5.00. The summed E-state index contributed by atoms with van der Waals surface area (Å²) in [6, 6.07) is 8.21. The van der Waals surface area contributed by atoms with Gasteiger partial charge < -0.3 is 5.11 Å². The summed E-state index contributed by atoms with van der Waals surface area (Å²) in [6.07, 6.45) is 2.33. The number of aliphatic hydroxyl groups is 1. The van der Waals surface area contributed by atoms with Gasteiger partial charge in [0.25, 0.3) is 0 Å². The Morgan fingerprint density at radius 3 is 2.88 bits per heavy atom. The molecule has 0 bridgehead atoms. The molecule has 0 amide bonds. The zero-order valence-electron chi connectivity index (χ0n) is 10.3. The first kappa shape index (κ1) is 12.5. The zero-order valence-corrected chi connectivity index (χ0v) is 11.1. The van der Waals surface area contributed by atoms with Gasteiger partial charge in [-0.3, -0.25) is 4.68 Å². The van der Waals surface area contributed by atoms with Crippen LogP contribution in [0.25, 0.3) is 10.9 Å². The van der Waals surface area contributed by atoms with Crippen LogP contribution in [-0.2, 0) is 13.0 Å². The van der Waals surface area contributed by atoms with Crippen molar-refractivity contribution in [1.29, 1.82) is 0 Å². The van der Waals surface area contributed by atoms with Crippen molar-refractivity contribution in [1.82, 2.24) is 9.78 Å². The largest absolute Gasteiger partial charge is 0.392 e. The van der Waals surface area contributed by atoms with Crippen molar-refractivity contribution in [3.8, 4) is 0 Å². The van der Waals surface area contributed by atoms with E-state index in [1.54, 1.807) is 11.8 Å². The number of aliphatic hydroxyl groups excluding tert-OH is 1. The van der Waals surface area contributed by atoms with Crippen molar-refractivity contribution in [3.05, 3.63) is 30.0 Å². The Kier molecular flexibility index (Phi) is 4.07. The summed E-state index contributed by atoms with van der Waals surface area (Å²) < 4.78 is 2.00. The highest BCUT2D eigenvalue weighted by atomic mass is 32.2. The molecule has 1 atom stereocenters. The lowest BCUT2D eigenvalue weighted by Gasteiger charge is -2.06. The Hall–Kier alpha value is -1.00. The van der Waals surface area contributed by atoms with Crippen LogP contribution >= 0.6 is 11.8 Å². The minimum atomic E-state index is -0.311. The molecule has 1 aromatic heterocycles. The second kappa shape index (κ2) is 5.56. The van der Waals surface area contributed by atoms with Gasteiger partial charge in [-0.25, -0.2) is 0 Å². The topological polar surface area (TPSA) is 38.0 Å². The Labute approximate surface area is 106 Å². The van der Waals surface area contributed by atoms with Crippen LogP contribution in [0.15, 0.2) is 24.3 Å². The van der Waals surface area contributed by atoms with E-state index in [0.29, 0.717) is 6.42 Å². The van der Waals surface area contributed by atoms with E-state index < -0.39 is 0 Å². The van der Waals surface area contributed by atoms with Gasteiger partial charge in [0.2, 0.25) is 0 Å². The van der Waals surface area contributed by atoms with Crippen molar-refractivity contribution < 1.29 is 5.11 Å². The fourth-order valence-electron chi connectivity index (χ4n) is 2.06. The minimum Gasteiger partial charge on any atom is -0.392 e. The number of nitrogens with zero attached hydrogens (tertiary/aromatic N) is 2. The molecule has 0 aliphatic rings. The molecule has 4 heteroatoms. The monoisotopic (exact) mass is 250 g/mol. The molecule has 17 heavy (non-hydrogen) atoms. The molecule has 1 aromatic carbocycles. The minimum absolute atomic E-state index is 0.311. The third-order valence-electron chi connectivity index (χ3n) is 2.82. The molecule has 2 aromatic rings. The van der Waals surface area contributed by atoms with Gasteiger partial charge in [0, 0.05) is 24.1 Å². The van der Waals surface area contributed by atoms with Crippen LogP contribution in [0.5, 0.6) is 0 Å². The summed E-state index contributed by atoms with van der Waals surface area (Å²) in [6.45, 7) is 2.95. The number of rotatable bonds is 5. The molecule has 0 saturated heterocycles. The fraction of sp³-hybridized carbons (Fsp3) is 0.462. The molecule has 0 spiro atoms. The van der Waals surface area contributed by atoms with Crippen molar-refractivity contribution in [2.24, 2.45) is 0 Å². The van der Waals surface area contributed by atoms with Crippen LogP contribution in [0, 0.1) is 0 Å². The Balaban J connectivity index is 2.33. The summed E-state index contributed by atoms with van der Waals surface area (Å²) in [7, 11) is 0. The van der Waals surface area contributed by atoms with Crippen LogP contribution < -0.4 is 0 Å². The van der Waals surface area contributed by atoms with E-state index >= 15 is 0 Å². The maximum absolute atomic E-state index is 9.87. The lowest BCUT2D eigenvalue weighted by molar-refractivity contribution is 0.199. The predicted octanol–water partition coefficient (Wildman–Crippen LogP) is 2.32. The predicted molar refractivity (Wildman–Crippen MR) is 73.5 cm³/mol. The average molecular weight is 250 g/mol. The molecule has 0 radical (unpaired) electrons. The molecule has 0 fully saturated rings. The number of fused-ring (bicyclic) bond motifs is 1. The van der Waals surface area contributed by atoms with Crippen LogP contribution in [0.3, 0.4) is 0 Å². The lowest BCUT2D eigenvalue weighted by Crippen LogP contribution is -2.14. The molecule has 3 nitrogen and oxygen atoms in total. The highest BCUT2D eigenvalue weighted by Crippen LogP contribution is 2.20. The van der Waals surface area contributed by atoms with Gasteiger partial charge in [0.05, 0.1) is 17.3 Å². The molecule has 0 saturated carbocycles. The van der Waals surface area contributed by atoms with Gasteiger partial charge in [0.1, 0.15) is 0 Å². The highest BCUT2D eigenvalue weighted by Gasteiger charge is 2.12. The number of aryl methyl sites for hydroxylation is 1. The first-order valence-corrected chi connectivity index (χ1v) is 7.27. The molecular weight excluding hydrogens is 232 g/mol. The summed E-state index contributed by atoms with van der Waals surface area (Å²) in [5.74, 6) is 0.757. The molecule has 2 rings (SSSR count). The first-order valence-electron chi connectivity index (χ1n) is 5.87. The number of thioether (sulfide) groups is 1. The number of benzene rings is 1. The van der Waals surface area contributed by atoms with E-state index in [9.17, 15) is 5.11 Å². The van der Waals surface area contributed by atoms with Crippen molar-refractivity contribution in [3.63, 3.8) is 0 Å². The second-order valence-electron chi connectivity index (χ2n) is 4.09. The van der Waals surface area contributed by atoms with Crippen molar-refractivity contribution in [2.75, 3.05) is 12.0 Å². The maximum Gasteiger partial charge on any atom is 0.0729 e. The average Bonchev–Trinajstić information content (AvgIpc) is 2.68. The quantitative estimate of drug-likeness (QED) is 0.885. The smallest absolute Gasteiger partial charge is 0.0729 e. The molecule has 1 unspecified atom stereocenters. The Morgan fingerprint density at radius 1 is 1.41 bits per heavy atom. The van der Waals surface area contributed by atoms with Crippen molar-refractivity contribution in [2.45, 2.75) is 26.0 Å². The van der Waals surface area contributed by atoms with Gasteiger partial charge in [-0.1, -0.05) is 18.2 Å². The Morgan fingerprint density at radius 2 is 2.18 bits per heavy atom. The molecular formula is C13H18N2OS. The van der Waals surface area contributed by atoms with Gasteiger partial charge >= 0.3 is 0 Å². The SMILES string of the molecule is CCn1nc(CC(O)CSC)c2ccccc21. The molecule has 0 aliphatic carbocycles. The van der Waals surface area contributed by atoms with E-state index in [1.807, 2.05) is 23.1 Å². The number of para-hydroxylation sites is 1. The fourth-order valence-corrected chi connectivity index (χ4v) is 2.57.